The molecule has 0 saturated heterocycles. The molecular weight excluding hydrogens is 372 g/mol. The van der Waals surface area contributed by atoms with Crippen LogP contribution in [0.5, 0.6) is 11.5 Å². The molecule has 5 nitrogen and oxygen atoms in total. The minimum absolute atomic E-state index is 0.169. The van der Waals surface area contributed by atoms with Crippen LogP contribution in [0.3, 0.4) is 0 Å². The van der Waals surface area contributed by atoms with Crippen molar-refractivity contribution in [3.8, 4) is 11.5 Å². The summed E-state index contributed by atoms with van der Waals surface area (Å²) in [6.45, 7) is 0. The zero-order chi connectivity index (χ0) is 19.7. The van der Waals surface area contributed by atoms with E-state index in [4.69, 9.17) is 9.47 Å². The molecule has 0 spiro atoms. The highest BCUT2D eigenvalue weighted by molar-refractivity contribution is 7.16. The van der Waals surface area contributed by atoms with E-state index in [9.17, 15) is 4.79 Å². The number of carbonyl (C=O) groups excluding carboxylic acids is 1. The summed E-state index contributed by atoms with van der Waals surface area (Å²) >= 11 is 1.46. The Labute approximate surface area is 166 Å². The van der Waals surface area contributed by atoms with Gasteiger partial charge in [0.1, 0.15) is 0 Å². The third-order valence-corrected chi connectivity index (χ3v) is 5.85. The van der Waals surface area contributed by atoms with Gasteiger partial charge in [-0.15, -0.1) is 0 Å². The van der Waals surface area contributed by atoms with Crippen LogP contribution >= 0.6 is 11.3 Å². The molecule has 0 saturated carbocycles. The van der Waals surface area contributed by atoms with Gasteiger partial charge < -0.3 is 14.0 Å². The third-order valence-electron chi connectivity index (χ3n) is 4.76. The van der Waals surface area contributed by atoms with E-state index in [0.29, 0.717) is 16.3 Å². The van der Waals surface area contributed by atoms with E-state index in [1.165, 1.54) is 11.3 Å². The molecule has 1 heterocycles. The molecule has 0 unspecified atom stereocenters. The molecule has 0 aliphatic carbocycles. The molecule has 0 atom stereocenters. The number of amides is 1. The van der Waals surface area contributed by atoms with Gasteiger partial charge in [0.05, 0.1) is 30.9 Å². The molecule has 6 heteroatoms. The summed E-state index contributed by atoms with van der Waals surface area (Å²) in [6.07, 6.45) is 0.266. The van der Waals surface area contributed by atoms with Crippen LogP contribution in [0.25, 0.3) is 21.0 Å². The van der Waals surface area contributed by atoms with Gasteiger partial charge in [0, 0.05) is 19.2 Å². The summed E-state index contributed by atoms with van der Waals surface area (Å²) in [7, 11) is 5.11. The summed E-state index contributed by atoms with van der Waals surface area (Å²) in [5, 5.41) is 2.21. The van der Waals surface area contributed by atoms with Crippen LogP contribution in [0.4, 0.5) is 0 Å². The number of nitrogens with zero attached hydrogens (tertiary/aromatic N) is 2. The Kier molecular flexibility index (Phi) is 4.88. The highest BCUT2D eigenvalue weighted by Gasteiger charge is 2.12. The van der Waals surface area contributed by atoms with E-state index in [0.717, 1.165) is 26.6 Å². The first kappa shape index (κ1) is 18.3. The fourth-order valence-electron chi connectivity index (χ4n) is 3.32. The van der Waals surface area contributed by atoms with Crippen LogP contribution in [-0.4, -0.2) is 24.7 Å². The molecular formula is C22H20N2O3S. The number of fused-ring (bicyclic) bond motifs is 2. The SMILES string of the molecule is COc1cc2sc(=NC(=O)Cc3cccc4ccccc34)n(C)c2cc1OC. The van der Waals surface area contributed by atoms with Crippen LogP contribution in [0.1, 0.15) is 5.56 Å². The topological polar surface area (TPSA) is 52.8 Å². The van der Waals surface area contributed by atoms with Crippen LogP contribution in [-0.2, 0) is 18.3 Å². The number of aromatic nitrogens is 1. The number of carbonyl (C=O) groups is 1. The first-order valence-electron chi connectivity index (χ1n) is 8.86. The largest absolute Gasteiger partial charge is 0.493 e. The Morgan fingerprint density at radius 2 is 1.75 bits per heavy atom. The molecule has 0 fully saturated rings. The number of hydrogen-bond acceptors (Lipinski definition) is 4. The number of hydrogen-bond donors (Lipinski definition) is 0. The second-order valence-electron chi connectivity index (χ2n) is 6.44. The molecule has 4 aromatic rings. The zero-order valence-corrected chi connectivity index (χ0v) is 16.7. The maximum atomic E-state index is 12.7. The number of ether oxygens (including phenoxy) is 2. The quantitative estimate of drug-likeness (QED) is 0.526. The number of thiazole rings is 1. The maximum absolute atomic E-state index is 12.7. The molecule has 0 aliphatic rings. The minimum Gasteiger partial charge on any atom is -0.493 e. The van der Waals surface area contributed by atoms with Gasteiger partial charge in [-0.1, -0.05) is 53.8 Å². The molecule has 0 bridgehead atoms. The number of methoxy groups -OCH3 is 2. The second kappa shape index (κ2) is 7.48. The van der Waals surface area contributed by atoms with Gasteiger partial charge in [0.25, 0.3) is 5.91 Å². The lowest BCUT2D eigenvalue weighted by molar-refractivity contribution is -0.117. The van der Waals surface area contributed by atoms with Gasteiger partial charge in [-0.05, 0) is 16.3 Å². The van der Waals surface area contributed by atoms with E-state index < -0.39 is 0 Å². The normalized spacial score (nSPS) is 11.9. The van der Waals surface area contributed by atoms with E-state index in [-0.39, 0.29) is 12.3 Å². The number of aryl methyl sites for hydroxylation is 1. The lowest BCUT2D eigenvalue weighted by Crippen LogP contribution is -2.14. The van der Waals surface area contributed by atoms with E-state index in [1.54, 1.807) is 14.2 Å². The van der Waals surface area contributed by atoms with Crippen molar-refractivity contribution in [3.63, 3.8) is 0 Å². The molecule has 4 rings (SSSR count). The monoisotopic (exact) mass is 392 g/mol. The Hall–Kier alpha value is -3.12. The van der Waals surface area contributed by atoms with Crippen molar-refractivity contribution in [2.75, 3.05) is 14.2 Å². The summed E-state index contributed by atoms with van der Waals surface area (Å²) in [5.41, 5.74) is 1.93. The van der Waals surface area contributed by atoms with E-state index in [1.807, 2.05) is 66.2 Å². The van der Waals surface area contributed by atoms with Crippen molar-refractivity contribution in [3.05, 3.63) is 65.0 Å². The molecule has 0 aliphatic heterocycles. The standard InChI is InChI=1S/C22H20N2O3S/c1-24-17-12-18(26-2)19(27-3)13-20(17)28-22(24)23-21(25)11-15-9-6-8-14-7-4-5-10-16(14)15/h4-10,12-13H,11H2,1-3H3. The highest BCUT2D eigenvalue weighted by atomic mass is 32.1. The van der Waals surface area contributed by atoms with Crippen molar-refractivity contribution in [1.29, 1.82) is 0 Å². The summed E-state index contributed by atoms with van der Waals surface area (Å²) in [4.78, 5) is 17.7. The van der Waals surface area contributed by atoms with Crippen molar-refractivity contribution in [1.82, 2.24) is 4.57 Å². The van der Waals surface area contributed by atoms with Crippen LogP contribution in [0.2, 0.25) is 0 Å². The second-order valence-corrected chi connectivity index (χ2v) is 7.45. The first-order chi connectivity index (χ1) is 13.6. The molecule has 1 aromatic heterocycles. The predicted molar refractivity (Wildman–Crippen MR) is 112 cm³/mol. The van der Waals surface area contributed by atoms with Gasteiger partial charge in [-0.2, -0.15) is 4.99 Å². The Morgan fingerprint density at radius 3 is 2.54 bits per heavy atom. The van der Waals surface area contributed by atoms with Crippen molar-refractivity contribution in [2.45, 2.75) is 6.42 Å². The number of rotatable bonds is 4. The maximum Gasteiger partial charge on any atom is 0.252 e. The van der Waals surface area contributed by atoms with Crippen molar-refractivity contribution < 1.29 is 14.3 Å². The minimum atomic E-state index is -0.169. The fraction of sp³-hybridized carbons (Fsp3) is 0.182. The van der Waals surface area contributed by atoms with Crippen LogP contribution in [0.15, 0.2) is 59.6 Å². The Morgan fingerprint density at radius 1 is 1.04 bits per heavy atom. The van der Waals surface area contributed by atoms with Crippen molar-refractivity contribution >= 4 is 38.2 Å². The lowest BCUT2D eigenvalue weighted by Gasteiger charge is -2.07. The molecule has 3 aromatic carbocycles. The van der Waals surface area contributed by atoms with E-state index >= 15 is 0 Å². The molecule has 0 radical (unpaired) electrons. The number of benzene rings is 3. The average molecular weight is 392 g/mol. The first-order valence-corrected chi connectivity index (χ1v) is 9.68. The van der Waals surface area contributed by atoms with Gasteiger partial charge in [-0.25, -0.2) is 0 Å². The van der Waals surface area contributed by atoms with Crippen LogP contribution in [0, 0.1) is 0 Å². The average Bonchev–Trinajstić information content (AvgIpc) is 3.01. The lowest BCUT2D eigenvalue weighted by atomic mass is 10.0. The Bertz CT molecular complexity index is 1250. The molecule has 0 N–H and O–H groups in total. The van der Waals surface area contributed by atoms with Crippen molar-refractivity contribution in [2.24, 2.45) is 12.0 Å². The summed E-state index contributed by atoms with van der Waals surface area (Å²) in [6, 6.07) is 17.9. The smallest absolute Gasteiger partial charge is 0.252 e. The third kappa shape index (κ3) is 3.27. The molecule has 28 heavy (non-hydrogen) atoms. The van der Waals surface area contributed by atoms with Gasteiger partial charge in [0.2, 0.25) is 0 Å². The molecule has 142 valence electrons. The fourth-order valence-corrected chi connectivity index (χ4v) is 4.36. The highest BCUT2D eigenvalue weighted by Crippen LogP contribution is 2.33. The predicted octanol–water partition coefficient (Wildman–Crippen LogP) is 4.08. The van der Waals surface area contributed by atoms with E-state index in [2.05, 4.69) is 4.99 Å². The van der Waals surface area contributed by atoms with Gasteiger partial charge in [0.15, 0.2) is 16.3 Å². The summed E-state index contributed by atoms with van der Waals surface area (Å²) in [5.74, 6) is 1.14. The van der Waals surface area contributed by atoms with Gasteiger partial charge in [-0.3, -0.25) is 4.79 Å². The summed E-state index contributed by atoms with van der Waals surface area (Å²) < 4.78 is 13.6. The Balaban J connectivity index is 1.73. The zero-order valence-electron chi connectivity index (χ0n) is 15.9. The van der Waals surface area contributed by atoms with Crippen LogP contribution < -0.4 is 14.3 Å². The van der Waals surface area contributed by atoms with Gasteiger partial charge >= 0.3 is 0 Å². The molecule has 1 amide bonds.